The van der Waals surface area contributed by atoms with E-state index in [1.54, 1.807) is 0 Å². The first-order chi connectivity index (χ1) is 6.25. The van der Waals surface area contributed by atoms with Crippen LogP contribution in [-0.2, 0) is 0 Å². The van der Waals surface area contributed by atoms with Crippen LogP contribution in [0.3, 0.4) is 0 Å². The van der Waals surface area contributed by atoms with Gasteiger partial charge >= 0.3 is 0 Å². The standard InChI is InChI=1S/C12H13I/c1-3-4-7-11-8-5-6-9-12(11)10(2)13/h3-9H,1-2H3/b4-3+,11-7-,12-10+. The number of rotatable bonds is 1. The minimum Gasteiger partial charge on any atom is -0.0876 e. The minimum absolute atomic E-state index is 1.28. The van der Waals surface area contributed by atoms with Gasteiger partial charge in [-0.25, -0.2) is 0 Å². The Labute approximate surface area is 92.8 Å². The fourth-order valence-electron chi connectivity index (χ4n) is 1.16. The van der Waals surface area contributed by atoms with E-state index < -0.39 is 0 Å². The molecule has 0 aliphatic rings. The third kappa shape index (κ3) is 2.99. The van der Waals surface area contributed by atoms with Gasteiger partial charge in [0.15, 0.2) is 0 Å². The quantitative estimate of drug-likeness (QED) is 0.695. The Balaban J connectivity index is 3.47. The first-order valence-electron chi connectivity index (χ1n) is 4.30. The lowest BCUT2D eigenvalue weighted by Gasteiger charge is -1.90. The van der Waals surface area contributed by atoms with E-state index in [0.29, 0.717) is 0 Å². The van der Waals surface area contributed by atoms with Crippen LogP contribution in [-0.4, -0.2) is 0 Å². The second-order valence-corrected chi connectivity index (χ2v) is 4.43. The van der Waals surface area contributed by atoms with Crippen LogP contribution in [0, 0.1) is 0 Å². The molecule has 0 saturated heterocycles. The maximum Gasteiger partial charge on any atom is -0.00467 e. The monoisotopic (exact) mass is 284 g/mol. The average Bonchev–Trinajstić information content (AvgIpc) is 2.15. The lowest BCUT2D eigenvalue weighted by molar-refractivity contribution is 1.50. The van der Waals surface area contributed by atoms with Gasteiger partial charge < -0.3 is 0 Å². The van der Waals surface area contributed by atoms with E-state index in [4.69, 9.17) is 0 Å². The van der Waals surface area contributed by atoms with E-state index >= 15 is 0 Å². The molecule has 0 radical (unpaired) electrons. The lowest BCUT2D eigenvalue weighted by Crippen LogP contribution is -2.24. The zero-order valence-corrected chi connectivity index (χ0v) is 10.1. The van der Waals surface area contributed by atoms with Gasteiger partial charge in [-0.15, -0.1) is 0 Å². The first-order valence-corrected chi connectivity index (χ1v) is 5.38. The molecule has 0 N–H and O–H groups in total. The summed E-state index contributed by atoms with van der Waals surface area (Å²) in [5, 5.41) is 2.61. The van der Waals surface area contributed by atoms with Crippen molar-refractivity contribution in [1.29, 1.82) is 0 Å². The largest absolute Gasteiger partial charge is 0.0876 e. The molecule has 0 unspecified atom stereocenters. The second-order valence-electron chi connectivity index (χ2n) is 2.81. The van der Waals surface area contributed by atoms with E-state index in [2.05, 4.69) is 65.9 Å². The molecule has 0 fully saturated rings. The van der Waals surface area contributed by atoms with Crippen molar-refractivity contribution in [1.82, 2.24) is 0 Å². The average molecular weight is 284 g/mol. The predicted octanol–water partition coefficient (Wildman–Crippen LogP) is 2.61. The predicted molar refractivity (Wildman–Crippen MR) is 68.1 cm³/mol. The van der Waals surface area contributed by atoms with Crippen molar-refractivity contribution in [2.75, 3.05) is 0 Å². The third-order valence-electron chi connectivity index (χ3n) is 1.80. The van der Waals surface area contributed by atoms with Gasteiger partial charge in [0.05, 0.1) is 0 Å². The Morgan fingerprint density at radius 2 is 2.00 bits per heavy atom. The number of benzene rings is 1. The van der Waals surface area contributed by atoms with Crippen LogP contribution in [0.25, 0.3) is 9.66 Å². The Morgan fingerprint density at radius 1 is 1.31 bits per heavy atom. The molecule has 0 heterocycles. The molecular formula is C12H13I. The van der Waals surface area contributed by atoms with Gasteiger partial charge in [0.2, 0.25) is 0 Å². The molecule has 0 bridgehead atoms. The second kappa shape index (κ2) is 5.22. The molecule has 0 aliphatic carbocycles. The zero-order valence-electron chi connectivity index (χ0n) is 7.92. The summed E-state index contributed by atoms with van der Waals surface area (Å²) in [6, 6.07) is 8.43. The topological polar surface area (TPSA) is 0 Å². The normalized spacial score (nSPS) is 15.2. The zero-order chi connectivity index (χ0) is 9.68. The van der Waals surface area contributed by atoms with Crippen LogP contribution in [0.15, 0.2) is 36.4 Å². The highest BCUT2D eigenvalue weighted by Crippen LogP contribution is 1.99. The van der Waals surface area contributed by atoms with E-state index in [-0.39, 0.29) is 0 Å². The molecule has 1 aromatic rings. The third-order valence-corrected chi connectivity index (χ3v) is 2.38. The molecule has 0 aliphatic heterocycles. The molecule has 0 atom stereocenters. The van der Waals surface area contributed by atoms with Crippen molar-refractivity contribution in [2.24, 2.45) is 0 Å². The molecule has 0 amide bonds. The summed E-state index contributed by atoms with van der Waals surface area (Å²) in [4.78, 5) is 0. The highest BCUT2D eigenvalue weighted by atomic mass is 127. The van der Waals surface area contributed by atoms with Gasteiger partial charge in [-0.05, 0) is 50.5 Å². The molecule has 0 nitrogen and oxygen atoms in total. The van der Waals surface area contributed by atoms with Gasteiger partial charge in [0.25, 0.3) is 0 Å². The summed E-state index contributed by atoms with van der Waals surface area (Å²) in [7, 11) is 0. The van der Waals surface area contributed by atoms with Gasteiger partial charge in [-0.1, -0.05) is 42.5 Å². The highest BCUT2D eigenvalue weighted by molar-refractivity contribution is 14.1. The summed E-state index contributed by atoms with van der Waals surface area (Å²) in [5.41, 5.74) is 0. The lowest BCUT2D eigenvalue weighted by atomic mass is 10.2. The number of allylic oxidation sites excluding steroid dienone is 2. The Bertz CT molecular complexity index is 409. The Morgan fingerprint density at radius 3 is 2.62 bits per heavy atom. The van der Waals surface area contributed by atoms with Gasteiger partial charge in [0.1, 0.15) is 0 Å². The number of halogens is 1. The summed E-state index contributed by atoms with van der Waals surface area (Å²) < 4.78 is 1.33. The SMILES string of the molecule is C/C=C/C=c1/cccc/c1=C(/C)I. The van der Waals surface area contributed by atoms with E-state index in [0.717, 1.165) is 0 Å². The molecule has 0 spiro atoms. The van der Waals surface area contributed by atoms with E-state index in [1.807, 2.05) is 13.0 Å². The van der Waals surface area contributed by atoms with Crippen molar-refractivity contribution in [3.63, 3.8) is 0 Å². The molecular weight excluding hydrogens is 271 g/mol. The number of hydrogen-bond acceptors (Lipinski definition) is 0. The molecule has 1 rings (SSSR count). The van der Waals surface area contributed by atoms with E-state index in [9.17, 15) is 0 Å². The van der Waals surface area contributed by atoms with Crippen LogP contribution < -0.4 is 10.4 Å². The molecule has 0 aromatic heterocycles. The van der Waals surface area contributed by atoms with Crippen LogP contribution in [0.4, 0.5) is 0 Å². The summed E-state index contributed by atoms with van der Waals surface area (Å²) in [6.45, 7) is 4.16. The first kappa shape index (κ1) is 10.5. The van der Waals surface area contributed by atoms with Crippen LogP contribution in [0.1, 0.15) is 13.8 Å². The van der Waals surface area contributed by atoms with Crippen LogP contribution in [0.2, 0.25) is 0 Å². The summed E-state index contributed by atoms with van der Waals surface area (Å²) in [6.07, 6.45) is 6.25. The van der Waals surface area contributed by atoms with Crippen molar-refractivity contribution in [3.8, 4) is 0 Å². The summed E-state index contributed by atoms with van der Waals surface area (Å²) >= 11 is 2.36. The fraction of sp³-hybridized carbons (Fsp3) is 0.167. The van der Waals surface area contributed by atoms with Gasteiger partial charge in [0, 0.05) is 0 Å². The van der Waals surface area contributed by atoms with Gasteiger partial charge in [-0.2, -0.15) is 0 Å². The Hall–Kier alpha value is -0.570. The highest BCUT2D eigenvalue weighted by Gasteiger charge is 1.85. The number of hydrogen-bond donors (Lipinski definition) is 0. The maximum absolute atomic E-state index is 2.36. The maximum atomic E-state index is 2.36. The van der Waals surface area contributed by atoms with Crippen LogP contribution in [0.5, 0.6) is 0 Å². The minimum atomic E-state index is 1.28. The Kier molecular flexibility index (Phi) is 4.22. The van der Waals surface area contributed by atoms with Crippen molar-refractivity contribution < 1.29 is 0 Å². The fourth-order valence-corrected chi connectivity index (χ4v) is 1.65. The van der Waals surface area contributed by atoms with E-state index in [1.165, 1.54) is 14.0 Å². The molecule has 1 heteroatoms. The molecule has 1 aromatic carbocycles. The van der Waals surface area contributed by atoms with Crippen molar-refractivity contribution >= 4 is 32.2 Å². The molecule has 0 saturated carbocycles. The van der Waals surface area contributed by atoms with Gasteiger partial charge in [-0.3, -0.25) is 0 Å². The summed E-state index contributed by atoms with van der Waals surface area (Å²) in [5.74, 6) is 0. The molecule has 13 heavy (non-hydrogen) atoms. The van der Waals surface area contributed by atoms with Crippen molar-refractivity contribution in [2.45, 2.75) is 13.8 Å². The van der Waals surface area contributed by atoms with Crippen LogP contribution >= 0.6 is 22.6 Å². The van der Waals surface area contributed by atoms with Crippen molar-refractivity contribution in [3.05, 3.63) is 46.9 Å². The molecule has 68 valence electrons. The smallest absolute Gasteiger partial charge is 0.00467 e.